The lowest BCUT2D eigenvalue weighted by Crippen LogP contribution is -2.58. The van der Waals surface area contributed by atoms with Gasteiger partial charge in [0.15, 0.2) is 0 Å². The summed E-state index contributed by atoms with van der Waals surface area (Å²) in [6.45, 7) is 5.86. The minimum absolute atomic E-state index is 0.00204. The lowest BCUT2D eigenvalue weighted by molar-refractivity contribution is -0.274. The van der Waals surface area contributed by atoms with Gasteiger partial charge in [-0.3, -0.25) is 4.79 Å². The van der Waals surface area contributed by atoms with Crippen molar-refractivity contribution in [1.29, 1.82) is 0 Å². The van der Waals surface area contributed by atoms with Gasteiger partial charge in [0.25, 0.3) is 0 Å². The van der Waals surface area contributed by atoms with Crippen LogP contribution in [0.2, 0.25) is 0 Å². The number of aryl methyl sites for hydroxylation is 1. The highest BCUT2D eigenvalue weighted by Crippen LogP contribution is 2.37. The van der Waals surface area contributed by atoms with Crippen molar-refractivity contribution in [3.8, 4) is 5.75 Å². The number of fused-ring (bicyclic) bond motifs is 1. The average molecular weight is 653 g/mol. The molecular weight excluding hydrogens is 621 g/mol. The third kappa shape index (κ3) is 6.57. The van der Waals surface area contributed by atoms with E-state index in [1.54, 1.807) is 45.0 Å². The summed E-state index contributed by atoms with van der Waals surface area (Å²) < 4.78 is 101. The summed E-state index contributed by atoms with van der Waals surface area (Å²) in [5, 5.41) is 0. The Morgan fingerprint density at radius 3 is 2.07 bits per heavy atom. The molecule has 9 nitrogen and oxygen atoms in total. The fraction of sp³-hybridized carbons (Fsp3) is 0.367. The van der Waals surface area contributed by atoms with Crippen molar-refractivity contribution >= 4 is 31.8 Å². The van der Waals surface area contributed by atoms with Gasteiger partial charge in [0.2, 0.25) is 10.0 Å². The highest BCUT2D eigenvalue weighted by molar-refractivity contribution is 7.89. The van der Waals surface area contributed by atoms with Gasteiger partial charge in [-0.05, 0) is 87.2 Å². The van der Waals surface area contributed by atoms with Crippen LogP contribution in [-0.2, 0) is 42.0 Å². The standard InChI is InChI=1S/C30H31F3N2O7S2/c1-19-7-13-26(14-8-19)44(39,40)42-29(36)23-15-22-5-4-6-28(27(22)16-23)43(37,38)35-20(2)17-34(18-21(35)3)24-9-11-25(12-10-24)41-30(31,32)33/h4-14,20-21,23H,15-18H2,1-3H3/t20?,21?,23-/m0/s1. The Kier molecular flexibility index (Phi) is 8.46. The highest BCUT2D eigenvalue weighted by atomic mass is 32.2. The molecule has 0 N–H and O–H groups in total. The summed E-state index contributed by atoms with van der Waals surface area (Å²) >= 11 is 0. The van der Waals surface area contributed by atoms with Crippen LogP contribution in [0.3, 0.4) is 0 Å². The van der Waals surface area contributed by atoms with E-state index in [9.17, 15) is 34.8 Å². The number of ether oxygens (including phenoxy) is 1. The first kappa shape index (κ1) is 31.8. The van der Waals surface area contributed by atoms with Gasteiger partial charge in [0, 0.05) is 30.9 Å². The second kappa shape index (κ2) is 11.7. The number of sulfonamides is 1. The fourth-order valence-corrected chi connectivity index (χ4v) is 8.92. The molecule has 2 unspecified atom stereocenters. The smallest absolute Gasteiger partial charge is 0.406 e. The second-order valence-electron chi connectivity index (χ2n) is 11.1. The number of carbonyl (C=O) groups excluding carboxylic acids is 1. The number of anilines is 1. The van der Waals surface area contributed by atoms with E-state index in [0.717, 1.165) is 5.56 Å². The van der Waals surface area contributed by atoms with E-state index in [1.165, 1.54) is 46.8 Å². The summed E-state index contributed by atoms with van der Waals surface area (Å²) in [6, 6.07) is 15.1. The minimum atomic E-state index is -4.80. The molecule has 236 valence electrons. The van der Waals surface area contributed by atoms with Crippen LogP contribution in [0, 0.1) is 12.8 Å². The minimum Gasteiger partial charge on any atom is -0.406 e. The molecule has 2 aliphatic rings. The number of piperazine rings is 1. The maximum Gasteiger partial charge on any atom is 0.573 e. The van der Waals surface area contributed by atoms with Crippen LogP contribution >= 0.6 is 0 Å². The first-order valence-electron chi connectivity index (χ1n) is 13.9. The molecule has 1 aliphatic heterocycles. The molecule has 1 saturated heterocycles. The first-order valence-corrected chi connectivity index (χ1v) is 16.7. The van der Waals surface area contributed by atoms with Crippen LogP contribution in [0.5, 0.6) is 5.75 Å². The maximum atomic E-state index is 14.1. The molecule has 0 bridgehead atoms. The van der Waals surface area contributed by atoms with E-state index in [4.69, 9.17) is 4.18 Å². The number of hydrogen-bond acceptors (Lipinski definition) is 8. The number of rotatable bonds is 7. The number of halogens is 3. The SMILES string of the molecule is Cc1ccc(S(=O)(=O)OC(=O)[C@H]2Cc3cccc(S(=O)(=O)N4C(C)CN(c5ccc(OC(F)(F)F)cc5)CC4C)c3C2)cc1. The van der Waals surface area contributed by atoms with E-state index < -0.39 is 50.5 Å². The lowest BCUT2D eigenvalue weighted by Gasteiger charge is -2.44. The molecule has 0 saturated carbocycles. The number of carbonyl (C=O) groups is 1. The monoisotopic (exact) mass is 652 g/mol. The zero-order valence-electron chi connectivity index (χ0n) is 24.1. The normalized spacial score (nSPS) is 21.1. The van der Waals surface area contributed by atoms with E-state index >= 15 is 0 Å². The van der Waals surface area contributed by atoms with Crippen LogP contribution in [0.25, 0.3) is 0 Å². The Balaban J connectivity index is 1.31. The molecule has 0 amide bonds. The second-order valence-corrected chi connectivity index (χ2v) is 14.5. The number of hydrogen-bond donors (Lipinski definition) is 0. The van der Waals surface area contributed by atoms with Gasteiger partial charge in [-0.1, -0.05) is 29.8 Å². The summed E-state index contributed by atoms with van der Waals surface area (Å²) in [5.74, 6) is -2.18. The van der Waals surface area contributed by atoms with Crippen LogP contribution in [-0.4, -0.2) is 58.6 Å². The van der Waals surface area contributed by atoms with Crippen molar-refractivity contribution in [3.05, 3.63) is 83.4 Å². The summed E-state index contributed by atoms with van der Waals surface area (Å²) in [4.78, 5) is 14.8. The van der Waals surface area contributed by atoms with Crippen LogP contribution in [0.4, 0.5) is 18.9 Å². The number of alkyl halides is 3. The van der Waals surface area contributed by atoms with E-state index in [2.05, 4.69) is 4.74 Å². The molecule has 1 heterocycles. The van der Waals surface area contributed by atoms with Crippen molar-refractivity contribution in [2.45, 2.75) is 61.8 Å². The molecule has 3 aromatic carbocycles. The summed E-state index contributed by atoms with van der Waals surface area (Å²) in [7, 11) is -8.41. The van der Waals surface area contributed by atoms with E-state index in [0.29, 0.717) is 16.8 Å². The predicted molar refractivity (Wildman–Crippen MR) is 155 cm³/mol. The Morgan fingerprint density at radius 1 is 0.864 bits per heavy atom. The third-order valence-corrected chi connectivity index (χ3v) is 11.3. The highest BCUT2D eigenvalue weighted by Gasteiger charge is 2.42. The molecule has 1 aliphatic carbocycles. The largest absolute Gasteiger partial charge is 0.573 e. The topological polar surface area (TPSA) is 110 Å². The van der Waals surface area contributed by atoms with E-state index in [1.807, 2.05) is 4.90 Å². The molecule has 3 aromatic rings. The molecule has 1 fully saturated rings. The van der Waals surface area contributed by atoms with E-state index in [-0.39, 0.29) is 41.5 Å². The van der Waals surface area contributed by atoms with Gasteiger partial charge in [0.1, 0.15) is 10.6 Å². The molecule has 0 radical (unpaired) electrons. The summed E-state index contributed by atoms with van der Waals surface area (Å²) in [5.41, 5.74) is 2.54. The van der Waals surface area contributed by atoms with Gasteiger partial charge in [-0.2, -0.15) is 12.7 Å². The Labute approximate surface area is 254 Å². The average Bonchev–Trinajstić information content (AvgIpc) is 3.37. The molecule has 5 rings (SSSR count). The fourth-order valence-electron chi connectivity index (χ4n) is 5.92. The van der Waals surface area contributed by atoms with Gasteiger partial charge >= 0.3 is 22.4 Å². The van der Waals surface area contributed by atoms with Crippen molar-refractivity contribution in [2.24, 2.45) is 5.92 Å². The Bertz CT molecular complexity index is 1750. The van der Waals surface area contributed by atoms with Crippen molar-refractivity contribution in [1.82, 2.24) is 4.31 Å². The van der Waals surface area contributed by atoms with Gasteiger partial charge in [-0.25, -0.2) is 8.42 Å². The van der Waals surface area contributed by atoms with Crippen molar-refractivity contribution in [3.63, 3.8) is 0 Å². The zero-order chi connectivity index (χ0) is 32.0. The number of nitrogens with zero attached hydrogens (tertiary/aromatic N) is 2. The van der Waals surface area contributed by atoms with Gasteiger partial charge in [0.05, 0.1) is 10.8 Å². The molecule has 44 heavy (non-hydrogen) atoms. The van der Waals surface area contributed by atoms with Crippen LogP contribution in [0.1, 0.15) is 30.5 Å². The van der Waals surface area contributed by atoms with Crippen molar-refractivity contribution < 1.29 is 43.7 Å². The van der Waals surface area contributed by atoms with Crippen molar-refractivity contribution in [2.75, 3.05) is 18.0 Å². The van der Waals surface area contributed by atoms with Crippen LogP contribution < -0.4 is 9.64 Å². The number of benzene rings is 3. The molecular formula is C30H31F3N2O7S2. The predicted octanol–water partition coefficient (Wildman–Crippen LogP) is 4.83. The quantitative estimate of drug-likeness (QED) is 0.334. The Morgan fingerprint density at radius 2 is 1.48 bits per heavy atom. The lowest BCUT2D eigenvalue weighted by atomic mass is 10.1. The molecule has 3 atom stereocenters. The van der Waals surface area contributed by atoms with Gasteiger partial charge < -0.3 is 13.8 Å². The molecule has 0 aromatic heterocycles. The zero-order valence-corrected chi connectivity index (χ0v) is 25.7. The molecule has 14 heteroatoms. The first-order chi connectivity index (χ1) is 20.5. The summed E-state index contributed by atoms with van der Waals surface area (Å²) in [6.07, 6.45) is -4.67. The maximum absolute atomic E-state index is 14.1. The van der Waals surface area contributed by atoms with Crippen LogP contribution in [0.15, 0.2) is 76.5 Å². The Hall–Kier alpha value is -3.62. The van der Waals surface area contributed by atoms with Gasteiger partial charge in [-0.15, -0.1) is 13.2 Å². The third-order valence-electron chi connectivity index (χ3n) is 7.81. The molecule has 0 spiro atoms.